The third kappa shape index (κ3) is 7.30. The van der Waals surface area contributed by atoms with Gasteiger partial charge in [-0.05, 0) is 75.0 Å². The van der Waals surface area contributed by atoms with E-state index >= 15 is 0 Å². The summed E-state index contributed by atoms with van der Waals surface area (Å²) in [5.41, 5.74) is 1.11. The number of hydrogen-bond donors (Lipinski definition) is 2. The number of carbonyl (C=O) groups is 1. The predicted molar refractivity (Wildman–Crippen MR) is 128 cm³/mol. The van der Waals surface area contributed by atoms with Crippen molar-refractivity contribution < 1.29 is 13.2 Å². The van der Waals surface area contributed by atoms with Crippen molar-refractivity contribution in [3.8, 4) is 0 Å². The number of unbranched alkanes of at least 4 members (excludes halogenated alkanes) is 1. The molecule has 0 spiro atoms. The lowest BCUT2D eigenvalue weighted by Gasteiger charge is -2.30. The summed E-state index contributed by atoms with van der Waals surface area (Å²) in [7, 11) is -3.86. The second-order valence-corrected chi connectivity index (χ2v) is 10.6. The van der Waals surface area contributed by atoms with Gasteiger partial charge in [-0.15, -0.1) is 0 Å². The number of rotatable bonds is 10. The quantitative estimate of drug-likeness (QED) is 0.506. The molecule has 1 saturated heterocycles. The summed E-state index contributed by atoms with van der Waals surface area (Å²) in [6.45, 7) is 6.38. The van der Waals surface area contributed by atoms with Crippen LogP contribution in [0.15, 0.2) is 53.4 Å². The highest BCUT2D eigenvalue weighted by atomic mass is 35.5. The van der Waals surface area contributed by atoms with E-state index in [1.54, 1.807) is 6.07 Å². The molecule has 2 N–H and O–H groups in total. The van der Waals surface area contributed by atoms with Crippen LogP contribution < -0.4 is 10.0 Å². The number of carbonyl (C=O) groups excluding carboxylic acids is 1. The maximum atomic E-state index is 12.7. The third-order valence-corrected chi connectivity index (χ3v) is 7.74. The summed E-state index contributed by atoms with van der Waals surface area (Å²) in [4.78, 5) is 14.9. The first-order chi connectivity index (χ1) is 15.3. The van der Waals surface area contributed by atoms with E-state index in [-0.39, 0.29) is 27.9 Å². The van der Waals surface area contributed by atoms with Crippen LogP contribution >= 0.6 is 11.6 Å². The number of likely N-dealkylation sites (tertiary alicyclic amines) is 1. The fourth-order valence-electron chi connectivity index (χ4n) is 3.75. The Bertz CT molecular complexity index is 991. The van der Waals surface area contributed by atoms with Crippen LogP contribution in [0.2, 0.25) is 5.02 Å². The van der Waals surface area contributed by atoms with Gasteiger partial charge in [0.2, 0.25) is 10.0 Å². The molecule has 6 nitrogen and oxygen atoms in total. The van der Waals surface area contributed by atoms with E-state index in [1.165, 1.54) is 25.0 Å². The number of amides is 1. The fraction of sp³-hybridized carbons (Fsp3) is 0.458. The zero-order valence-electron chi connectivity index (χ0n) is 18.5. The Balaban J connectivity index is 1.49. The molecule has 2 aromatic rings. The van der Waals surface area contributed by atoms with Crippen molar-refractivity contribution in [2.24, 2.45) is 5.92 Å². The molecule has 0 bridgehead atoms. The number of halogens is 1. The monoisotopic (exact) mass is 477 g/mol. The molecule has 0 saturated carbocycles. The zero-order valence-corrected chi connectivity index (χ0v) is 20.1. The molecule has 2 aromatic carbocycles. The van der Waals surface area contributed by atoms with Gasteiger partial charge in [0.05, 0.1) is 5.02 Å². The molecule has 8 heteroatoms. The molecule has 0 atom stereocenters. The van der Waals surface area contributed by atoms with Gasteiger partial charge in [0.1, 0.15) is 4.90 Å². The van der Waals surface area contributed by atoms with Crippen molar-refractivity contribution in [3.05, 3.63) is 64.7 Å². The Morgan fingerprint density at radius 1 is 1.09 bits per heavy atom. The van der Waals surface area contributed by atoms with E-state index in [0.29, 0.717) is 6.54 Å². The van der Waals surface area contributed by atoms with Gasteiger partial charge in [0.25, 0.3) is 5.91 Å². The lowest BCUT2D eigenvalue weighted by Crippen LogP contribution is -2.34. The van der Waals surface area contributed by atoms with Gasteiger partial charge in [-0.3, -0.25) is 4.79 Å². The number of sulfonamides is 1. The lowest BCUT2D eigenvalue weighted by atomic mass is 9.99. The van der Waals surface area contributed by atoms with Crippen molar-refractivity contribution in [2.75, 3.05) is 26.2 Å². The fourth-order valence-corrected chi connectivity index (χ4v) is 5.29. The molecule has 1 aliphatic heterocycles. The Labute approximate surface area is 196 Å². The summed E-state index contributed by atoms with van der Waals surface area (Å²) < 4.78 is 28.0. The Kier molecular flexibility index (Phi) is 9.11. The van der Waals surface area contributed by atoms with Crippen molar-refractivity contribution in [1.29, 1.82) is 0 Å². The summed E-state index contributed by atoms with van der Waals surface area (Å²) in [5.74, 6) is 0.528. The first kappa shape index (κ1) is 24.7. The zero-order chi connectivity index (χ0) is 23.0. The molecule has 1 aliphatic rings. The molecule has 1 heterocycles. The highest BCUT2D eigenvalue weighted by molar-refractivity contribution is 7.89. The van der Waals surface area contributed by atoms with E-state index < -0.39 is 10.0 Å². The normalized spacial score (nSPS) is 15.6. The minimum atomic E-state index is -3.86. The van der Waals surface area contributed by atoms with Gasteiger partial charge in [-0.25, -0.2) is 13.1 Å². The van der Waals surface area contributed by atoms with E-state index in [2.05, 4.69) is 21.9 Å². The number of piperidine rings is 1. The average Bonchev–Trinajstić information content (AvgIpc) is 2.79. The molecule has 1 amide bonds. The molecule has 1 fully saturated rings. The number of hydrogen-bond acceptors (Lipinski definition) is 4. The van der Waals surface area contributed by atoms with Crippen LogP contribution in [-0.4, -0.2) is 45.4 Å². The molecule has 174 valence electrons. The third-order valence-electron chi connectivity index (χ3n) is 5.85. The Hall–Kier alpha value is -1.93. The summed E-state index contributed by atoms with van der Waals surface area (Å²) in [6, 6.07) is 13.5. The molecule has 32 heavy (non-hydrogen) atoms. The standard InChI is InChI=1S/C24H32ClN3O3S/c1-19-11-15-28(16-12-19)14-6-5-13-26-24(29)21-9-10-22(25)23(17-21)32(30,31)27-18-20-7-3-2-4-8-20/h2-4,7-10,17,19,27H,5-6,11-16,18H2,1H3,(H,26,29). The van der Waals surface area contributed by atoms with E-state index in [0.717, 1.165) is 44.0 Å². The van der Waals surface area contributed by atoms with Crippen molar-refractivity contribution in [1.82, 2.24) is 14.9 Å². The van der Waals surface area contributed by atoms with Gasteiger partial charge < -0.3 is 10.2 Å². The molecule has 0 aromatic heterocycles. The van der Waals surface area contributed by atoms with Gasteiger partial charge >= 0.3 is 0 Å². The number of nitrogens with zero attached hydrogens (tertiary/aromatic N) is 1. The highest BCUT2D eigenvalue weighted by Crippen LogP contribution is 2.23. The molecular weight excluding hydrogens is 446 g/mol. The van der Waals surface area contributed by atoms with E-state index in [1.807, 2.05) is 30.3 Å². The second-order valence-electron chi connectivity index (χ2n) is 8.44. The van der Waals surface area contributed by atoms with Crippen LogP contribution in [-0.2, 0) is 16.6 Å². The first-order valence-corrected chi connectivity index (χ1v) is 13.0. The molecule has 0 unspecified atom stereocenters. The maximum Gasteiger partial charge on any atom is 0.251 e. The Morgan fingerprint density at radius 2 is 1.81 bits per heavy atom. The van der Waals surface area contributed by atoms with Crippen LogP contribution in [0.4, 0.5) is 0 Å². The summed E-state index contributed by atoms with van der Waals surface area (Å²) >= 11 is 6.14. The van der Waals surface area contributed by atoms with Crippen molar-refractivity contribution in [2.45, 2.75) is 44.0 Å². The Morgan fingerprint density at radius 3 is 2.53 bits per heavy atom. The summed E-state index contributed by atoms with van der Waals surface area (Å²) in [6.07, 6.45) is 4.44. The van der Waals surface area contributed by atoms with Crippen LogP contribution in [0.5, 0.6) is 0 Å². The van der Waals surface area contributed by atoms with Crippen LogP contribution in [0.3, 0.4) is 0 Å². The van der Waals surface area contributed by atoms with E-state index in [4.69, 9.17) is 11.6 Å². The predicted octanol–water partition coefficient (Wildman–Crippen LogP) is 4.06. The van der Waals surface area contributed by atoms with Gasteiger partial charge in [-0.2, -0.15) is 0 Å². The van der Waals surface area contributed by atoms with Gasteiger partial charge in [-0.1, -0.05) is 48.9 Å². The minimum Gasteiger partial charge on any atom is -0.352 e. The SMILES string of the molecule is CC1CCN(CCCCNC(=O)c2ccc(Cl)c(S(=O)(=O)NCc3ccccc3)c2)CC1. The number of nitrogens with one attached hydrogen (secondary N) is 2. The lowest BCUT2D eigenvalue weighted by molar-refractivity contribution is 0.0952. The minimum absolute atomic E-state index is 0.0814. The molecule has 0 radical (unpaired) electrons. The first-order valence-electron chi connectivity index (χ1n) is 11.2. The molecule has 3 rings (SSSR count). The van der Waals surface area contributed by atoms with Crippen LogP contribution in [0, 0.1) is 5.92 Å². The van der Waals surface area contributed by atoms with Gasteiger partial charge in [0, 0.05) is 18.7 Å². The average molecular weight is 478 g/mol. The smallest absolute Gasteiger partial charge is 0.251 e. The van der Waals surface area contributed by atoms with E-state index in [9.17, 15) is 13.2 Å². The summed E-state index contributed by atoms with van der Waals surface area (Å²) in [5, 5.41) is 2.97. The van der Waals surface area contributed by atoms with Crippen molar-refractivity contribution in [3.63, 3.8) is 0 Å². The van der Waals surface area contributed by atoms with Crippen LogP contribution in [0.1, 0.15) is 48.5 Å². The van der Waals surface area contributed by atoms with Crippen molar-refractivity contribution >= 4 is 27.5 Å². The second kappa shape index (κ2) is 11.8. The van der Waals surface area contributed by atoms with Gasteiger partial charge in [0.15, 0.2) is 0 Å². The maximum absolute atomic E-state index is 12.7. The largest absolute Gasteiger partial charge is 0.352 e. The highest BCUT2D eigenvalue weighted by Gasteiger charge is 2.20. The van der Waals surface area contributed by atoms with Crippen LogP contribution in [0.25, 0.3) is 0 Å². The molecular formula is C24H32ClN3O3S. The number of benzene rings is 2. The molecule has 0 aliphatic carbocycles. The topological polar surface area (TPSA) is 78.5 Å².